The molecule has 0 aromatic rings. The maximum Gasteiger partial charge on any atom is 0.190 e. The van der Waals surface area contributed by atoms with Crippen molar-refractivity contribution in [3.63, 3.8) is 0 Å². The smallest absolute Gasteiger partial charge is 0.190 e. The third kappa shape index (κ3) is 2.07. The quantitative estimate of drug-likeness (QED) is 0.786. The molecule has 3 saturated carbocycles. The van der Waals surface area contributed by atoms with Crippen molar-refractivity contribution >= 4 is 17.3 Å². The molecule has 0 aliphatic heterocycles. The van der Waals surface area contributed by atoms with Gasteiger partial charge in [0.05, 0.1) is 0 Å². The lowest BCUT2D eigenvalue weighted by Crippen LogP contribution is -2.60. The van der Waals surface area contributed by atoms with E-state index < -0.39 is 23.4 Å². The van der Waals surface area contributed by atoms with E-state index in [1.54, 1.807) is 6.08 Å². The van der Waals surface area contributed by atoms with Crippen LogP contribution in [0.3, 0.4) is 0 Å². The summed E-state index contributed by atoms with van der Waals surface area (Å²) in [5.41, 5.74) is -1.55. The SMILES string of the molecule is CC12CCC(=O)C=C1CCC1C2C(=O)C[C@@]2(C)C1CCC2(O)C(=O)CO. The van der Waals surface area contributed by atoms with Crippen molar-refractivity contribution in [2.24, 2.45) is 28.6 Å². The molecule has 5 unspecified atom stereocenters. The summed E-state index contributed by atoms with van der Waals surface area (Å²) >= 11 is 0. The summed E-state index contributed by atoms with van der Waals surface area (Å²) in [4.78, 5) is 37.5. The van der Waals surface area contributed by atoms with E-state index in [1.807, 2.05) is 6.92 Å². The van der Waals surface area contributed by atoms with Crippen LogP contribution in [0.2, 0.25) is 0 Å². The van der Waals surface area contributed by atoms with Gasteiger partial charge in [-0.1, -0.05) is 19.4 Å². The molecule has 0 aromatic carbocycles. The summed E-state index contributed by atoms with van der Waals surface area (Å²) < 4.78 is 0. The summed E-state index contributed by atoms with van der Waals surface area (Å²) in [5.74, 6) is -0.172. The first-order valence-corrected chi connectivity index (χ1v) is 9.80. The molecule has 0 bridgehead atoms. The molecule has 0 saturated heterocycles. The number of allylic oxidation sites excluding steroid dienone is 1. The van der Waals surface area contributed by atoms with Gasteiger partial charge in [-0.05, 0) is 55.4 Å². The van der Waals surface area contributed by atoms with Crippen molar-refractivity contribution in [3.05, 3.63) is 11.6 Å². The minimum absolute atomic E-state index is 0.0988. The van der Waals surface area contributed by atoms with Crippen molar-refractivity contribution in [1.29, 1.82) is 0 Å². The lowest BCUT2D eigenvalue weighted by atomic mass is 9.46. The van der Waals surface area contributed by atoms with Gasteiger partial charge in [0, 0.05) is 24.2 Å². The van der Waals surface area contributed by atoms with Crippen LogP contribution >= 0.6 is 0 Å². The van der Waals surface area contributed by atoms with Gasteiger partial charge in [-0.3, -0.25) is 14.4 Å². The largest absolute Gasteiger partial charge is 0.388 e. The predicted molar refractivity (Wildman–Crippen MR) is 94.1 cm³/mol. The summed E-state index contributed by atoms with van der Waals surface area (Å²) in [7, 11) is 0. The second kappa shape index (κ2) is 5.59. The number of fused-ring (bicyclic) bond motifs is 5. The molecule has 2 N–H and O–H groups in total. The Morgan fingerprint density at radius 1 is 1.19 bits per heavy atom. The molecule has 5 heteroatoms. The second-order valence-electron chi connectivity index (χ2n) is 9.38. The van der Waals surface area contributed by atoms with Crippen LogP contribution in [0.25, 0.3) is 0 Å². The fourth-order valence-corrected chi connectivity index (χ4v) is 6.98. The predicted octanol–water partition coefficient (Wildman–Crippen LogP) is 1.99. The van der Waals surface area contributed by atoms with Crippen molar-refractivity contribution in [2.75, 3.05) is 6.61 Å². The number of aliphatic hydroxyl groups is 2. The number of rotatable bonds is 2. The first-order chi connectivity index (χ1) is 12.2. The molecule has 0 amide bonds. The minimum atomic E-state index is -1.60. The third-order valence-electron chi connectivity index (χ3n) is 8.41. The lowest BCUT2D eigenvalue weighted by molar-refractivity contribution is -0.170. The van der Waals surface area contributed by atoms with E-state index in [-0.39, 0.29) is 41.2 Å². The Kier molecular flexibility index (Phi) is 3.88. The standard InChI is InChI=1S/C21H28O5/c1-19-7-5-13(23)9-12(19)3-4-14-15-6-8-21(26,17(25)11-22)20(15,2)10-16(24)18(14)19/h9,14-15,18,22,26H,3-8,10-11H2,1-2H3/t14?,15?,18?,19?,20-,21?/m0/s1. The van der Waals surface area contributed by atoms with Crippen molar-refractivity contribution < 1.29 is 24.6 Å². The minimum Gasteiger partial charge on any atom is -0.388 e. The van der Waals surface area contributed by atoms with Gasteiger partial charge < -0.3 is 10.2 Å². The number of ketones is 3. The van der Waals surface area contributed by atoms with Crippen LogP contribution in [0.4, 0.5) is 0 Å². The zero-order valence-electron chi connectivity index (χ0n) is 15.6. The van der Waals surface area contributed by atoms with Crippen molar-refractivity contribution in [1.82, 2.24) is 0 Å². The van der Waals surface area contributed by atoms with Gasteiger partial charge in [-0.15, -0.1) is 0 Å². The van der Waals surface area contributed by atoms with E-state index in [1.165, 1.54) is 0 Å². The Morgan fingerprint density at radius 2 is 1.92 bits per heavy atom. The average Bonchev–Trinajstić information content (AvgIpc) is 2.86. The second-order valence-corrected chi connectivity index (χ2v) is 9.38. The fraction of sp³-hybridized carbons (Fsp3) is 0.762. The van der Waals surface area contributed by atoms with Crippen LogP contribution < -0.4 is 0 Å². The topological polar surface area (TPSA) is 91.7 Å². The van der Waals surface area contributed by atoms with Crippen LogP contribution in [-0.2, 0) is 14.4 Å². The van der Waals surface area contributed by atoms with Gasteiger partial charge >= 0.3 is 0 Å². The van der Waals surface area contributed by atoms with Crippen molar-refractivity contribution in [2.45, 2.75) is 64.4 Å². The Morgan fingerprint density at radius 3 is 2.62 bits per heavy atom. The summed E-state index contributed by atoms with van der Waals surface area (Å²) in [6.07, 6.45) is 5.83. The van der Waals surface area contributed by atoms with Crippen LogP contribution in [0, 0.1) is 28.6 Å². The van der Waals surface area contributed by atoms with Crippen LogP contribution in [0.5, 0.6) is 0 Å². The van der Waals surface area contributed by atoms with E-state index in [4.69, 9.17) is 0 Å². The van der Waals surface area contributed by atoms with Gasteiger partial charge in [-0.25, -0.2) is 0 Å². The molecule has 4 aliphatic carbocycles. The fourth-order valence-electron chi connectivity index (χ4n) is 6.98. The normalized spacial score (nSPS) is 47.7. The number of carbonyl (C=O) groups excluding carboxylic acids is 3. The molecule has 0 spiro atoms. The van der Waals surface area contributed by atoms with Gasteiger partial charge in [0.15, 0.2) is 11.6 Å². The summed E-state index contributed by atoms with van der Waals surface area (Å²) in [6.45, 7) is 3.31. The van der Waals surface area contributed by atoms with Gasteiger partial charge in [0.1, 0.15) is 18.0 Å². The Bertz CT molecular complexity index is 724. The molecule has 4 rings (SSSR count). The maximum atomic E-state index is 13.3. The van der Waals surface area contributed by atoms with Crippen molar-refractivity contribution in [3.8, 4) is 0 Å². The number of Topliss-reactive ketones (excluding diaryl/α,β-unsaturated/α-hetero) is 2. The molecule has 26 heavy (non-hydrogen) atoms. The molecular formula is C21H28O5. The molecule has 0 heterocycles. The first kappa shape index (κ1) is 18.1. The Balaban J connectivity index is 1.75. The van der Waals surface area contributed by atoms with Crippen LogP contribution in [-0.4, -0.2) is 39.8 Å². The molecule has 5 nitrogen and oxygen atoms in total. The molecule has 0 radical (unpaired) electrons. The van der Waals surface area contributed by atoms with Crippen LogP contribution in [0.1, 0.15) is 58.8 Å². The Labute approximate surface area is 153 Å². The highest BCUT2D eigenvalue weighted by Gasteiger charge is 2.68. The highest BCUT2D eigenvalue weighted by molar-refractivity contribution is 5.94. The first-order valence-electron chi connectivity index (χ1n) is 9.80. The van der Waals surface area contributed by atoms with E-state index in [0.29, 0.717) is 25.7 Å². The average molecular weight is 360 g/mol. The lowest BCUT2D eigenvalue weighted by Gasteiger charge is -2.57. The highest BCUT2D eigenvalue weighted by atomic mass is 16.3. The monoisotopic (exact) mass is 360 g/mol. The molecule has 3 fully saturated rings. The molecular weight excluding hydrogens is 332 g/mol. The highest BCUT2D eigenvalue weighted by Crippen LogP contribution is 2.66. The zero-order chi connectivity index (χ0) is 18.9. The number of aliphatic hydroxyl groups excluding tert-OH is 1. The molecule has 4 aliphatic rings. The number of hydrogen-bond donors (Lipinski definition) is 2. The van der Waals surface area contributed by atoms with E-state index in [9.17, 15) is 24.6 Å². The maximum absolute atomic E-state index is 13.3. The number of hydrogen-bond acceptors (Lipinski definition) is 5. The number of carbonyl (C=O) groups is 3. The van der Waals surface area contributed by atoms with Crippen LogP contribution in [0.15, 0.2) is 11.6 Å². The van der Waals surface area contributed by atoms with Gasteiger partial charge in [0.2, 0.25) is 0 Å². The van der Waals surface area contributed by atoms with E-state index in [0.717, 1.165) is 18.4 Å². The molecule has 0 aromatic heterocycles. The third-order valence-corrected chi connectivity index (χ3v) is 8.41. The van der Waals surface area contributed by atoms with Gasteiger partial charge in [-0.2, -0.15) is 0 Å². The summed E-state index contributed by atoms with van der Waals surface area (Å²) in [6, 6.07) is 0. The Hall–Kier alpha value is -1.33. The zero-order valence-corrected chi connectivity index (χ0v) is 15.6. The summed E-state index contributed by atoms with van der Waals surface area (Å²) in [5, 5.41) is 20.5. The van der Waals surface area contributed by atoms with E-state index in [2.05, 4.69) is 6.92 Å². The molecule has 6 atom stereocenters. The van der Waals surface area contributed by atoms with Gasteiger partial charge in [0.25, 0.3) is 0 Å². The molecule has 142 valence electrons. The van der Waals surface area contributed by atoms with E-state index >= 15 is 0 Å².